The largest absolute Gasteiger partial charge is 0.491 e. The van der Waals surface area contributed by atoms with E-state index in [1.165, 1.54) is 32.1 Å². The Bertz CT molecular complexity index is 903. The number of benzene rings is 2. The van der Waals surface area contributed by atoms with Crippen LogP contribution in [0.15, 0.2) is 48.5 Å². The predicted molar refractivity (Wildman–Crippen MR) is 115 cm³/mol. The average molecular weight is 401 g/mol. The molecular formula is C23H29ClN2O2. The van der Waals surface area contributed by atoms with Gasteiger partial charge in [-0.2, -0.15) is 0 Å². The summed E-state index contributed by atoms with van der Waals surface area (Å²) in [6.07, 6.45) is 5.67. The summed E-state index contributed by atoms with van der Waals surface area (Å²) in [7, 11) is 0. The molecular weight excluding hydrogens is 372 g/mol. The van der Waals surface area contributed by atoms with Crippen LogP contribution in [0.25, 0.3) is 11.0 Å². The van der Waals surface area contributed by atoms with Crippen molar-refractivity contribution in [1.29, 1.82) is 0 Å². The molecule has 2 aromatic carbocycles. The zero-order valence-electron chi connectivity index (χ0n) is 16.4. The zero-order valence-corrected chi connectivity index (χ0v) is 17.2. The fourth-order valence-corrected chi connectivity index (χ4v) is 4.13. The van der Waals surface area contributed by atoms with Gasteiger partial charge in [0.15, 0.2) is 0 Å². The van der Waals surface area contributed by atoms with E-state index in [0.29, 0.717) is 12.5 Å². The van der Waals surface area contributed by atoms with Crippen molar-refractivity contribution < 1.29 is 9.84 Å². The lowest BCUT2D eigenvalue weighted by atomic mass is 9.88. The van der Waals surface area contributed by atoms with Gasteiger partial charge in [0, 0.05) is 5.92 Å². The van der Waals surface area contributed by atoms with Gasteiger partial charge in [-0.25, -0.2) is 4.98 Å². The van der Waals surface area contributed by atoms with Crippen LogP contribution < -0.4 is 4.74 Å². The van der Waals surface area contributed by atoms with Crippen LogP contribution in [0.1, 0.15) is 49.4 Å². The van der Waals surface area contributed by atoms with E-state index in [4.69, 9.17) is 9.72 Å². The average Bonchev–Trinajstić information content (AvgIpc) is 3.06. The van der Waals surface area contributed by atoms with Crippen LogP contribution in [-0.4, -0.2) is 27.4 Å². The Balaban J connectivity index is 0.00000225. The van der Waals surface area contributed by atoms with Gasteiger partial charge in [0.05, 0.1) is 17.6 Å². The highest BCUT2D eigenvalue weighted by atomic mass is 35.5. The maximum absolute atomic E-state index is 10.7. The van der Waals surface area contributed by atoms with E-state index < -0.39 is 6.10 Å². The first-order valence-electron chi connectivity index (χ1n) is 10.0. The Kier molecular flexibility index (Phi) is 6.97. The first-order valence-corrected chi connectivity index (χ1v) is 10.0. The highest BCUT2D eigenvalue weighted by molar-refractivity contribution is 5.85. The van der Waals surface area contributed by atoms with E-state index in [1.807, 2.05) is 43.3 Å². The maximum Gasteiger partial charge on any atom is 0.122 e. The molecule has 28 heavy (non-hydrogen) atoms. The van der Waals surface area contributed by atoms with Crippen LogP contribution in [0, 0.1) is 6.92 Å². The third-order valence-corrected chi connectivity index (χ3v) is 5.57. The van der Waals surface area contributed by atoms with Crippen LogP contribution in [0.4, 0.5) is 0 Å². The molecule has 4 rings (SSSR count). The summed E-state index contributed by atoms with van der Waals surface area (Å²) >= 11 is 0. The van der Waals surface area contributed by atoms with Crippen molar-refractivity contribution in [1.82, 2.24) is 9.55 Å². The topological polar surface area (TPSA) is 47.3 Å². The predicted octanol–water partition coefficient (Wildman–Crippen LogP) is 5.25. The minimum Gasteiger partial charge on any atom is -0.491 e. The lowest BCUT2D eigenvalue weighted by Crippen LogP contribution is -2.25. The van der Waals surface area contributed by atoms with E-state index in [2.05, 4.69) is 16.7 Å². The molecule has 0 bridgehead atoms. The summed E-state index contributed by atoms with van der Waals surface area (Å²) in [5.74, 6) is 2.46. The molecule has 4 nitrogen and oxygen atoms in total. The molecule has 0 radical (unpaired) electrons. The van der Waals surface area contributed by atoms with Gasteiger partial charge in [-0.05, 0) is 43.5 Å². The molecule has 0 saturated heterocycles. The molecule has 1 aliphatic carbocycles. The van der Waals surface area contributed by atoms with Crippen LogP contribution in [0.2, 0.25) is 0 Å². The van der Waals surface area contributed by atoms with E-state index in [0.717, 1.165) is 28.2 Å². The number of imidazole rings is 1. The van der Waals surface area contributed by atoms with Crippen molar-refractivity contribution in [2.45, 2.75) is 57.6 Å². The Labute approximate surface area is 173 Å². The summed E-state index contributed by atoms with van der Waals surface area (Å²) in [5, 5.41) is 10.7. The van der Waals surface area contributed by atoms with Crippen LogP contribution in [0.3, 0.4) is 0 Å². The standard InChI is InChI=1S/C23H28N2O2.ClH/c1-17-9-5-8-14-22(17)27-16-19(26)15-25-21-13-7-6-12-20(21)24-23(25)18-10-3-2-4-11-18;/h5-9,12-14,18-19,26H,2-4,10-11,15-16H2,1H3;1H. The smallest absolute Gasteiger partial charge is 0.122 e. The molecule has 0 aliphatic heterocycles. The highest BCUT2D eigenvalue weighted by Crippen LogP contribution is 2.34. The first kappa shape index (κ1) is 20.7. The number of rotatable bonds is 6. The lowest BCUT2D eigenvalue weighted by Gasteiger charge is -2.23. The molecule has 1 N–H and O–H groups in total. The SMILES string of the molecule is Cc1ccccc1OCC(O)Cn1c(C2CCCCC2)nc2ccccc21.Cl. The second kappa shape index (κ2) is 9.44. The number of halogens is 1. The summed E-state index contributed by atoms with van der Waals surface area (Å²) in [6.45, 7) is 2.81. The summed E-state index contributed by atoms with van der Waals surface area (Å²) < 4.78 is 8.08. The van der Waals surface area contributed by atoms with Gasteiger partial charge in [-0.3, -0.25) is 0 Å². The number of hydrogen-bond acceptors (Lipinski definition) is 3. The van der Waals surface area contributed by atoms with Crippen molar-refractivity contribution in [3.63, 3.8) is 0 Å². The number of ether oxygens (including phenoxy) is 1. The highest BCUT2D eigenvalue weighted by Gasteiger charge is 2.23. The Morgan fingerprint density at radius 1 is 1.07 bits per heavy atom. The molecule has 0 amide bonds. The number of para-hydroxylation sites is 3. The quantitative estimate of drug-likeness (QED) is 0.614. The normalized spacial score (nSPS) is 15.9. The number of nitrogens with zero attached hydrogens (tertiary/aromatic N) is 2. The van der Waals surface area contributed by atoms with Gasteiger partial charge in [0.2, 0.25) is 0 Å². The molecule has 1 heterocycles. The molecule has 3 aromatic rings. The van der Waals surface area contributed by atoms with E-state index in [1.54, 1.807) is 0 Å². The molecule has 1 fully saturated rings. The van der Waals surface area contributed by atoms with Crippen LogP contribution in [0.5, 0.6) is 5.75 Å². The number of hydrogen-bond donors (Lipinski definition) is 1. The minimum absolute atomic E-state index is 0. The number of fused-ring (bicyclic) bond motifs is 1. The van der Waals surface area contributed by atoms with Crippen molar-refractivity contribution in [3.8, 4) is 5.75 Å². The third kappa shape index (κ3) is 4.50. The van der Waals surface area contributed by atoms with Gasteiger partial charge in [-0.1, -0.05) is 49.6 Å². The monoisotopic (exact) mass is 400 g/mol. The molecule has 1 unspecified atom stereocenters. The third-order valence-electron chi connectivity index (χ3n) is 5.57. The van der Waals surface area contributed by atoms with Gasteiger partial charge >= 0.3 is 0 Å². The van der Waals surface area contributed by atoms with Crippen molar-refractivity contribution in [2.24, 2.45) is 0 Å². The Hall–Kier alpha value is -2.04. The molecule has 1 aliphatic rings. The molecule has 5 heteroatoms. The number of aromatic nitrogens is 2. The first-order chi connectivity index (χ1) is 13.2. The van der Waals surface area contributed by atoms with Crippen molar-refractivity contribution in [2.75, 3.05) is 6.61 Å². The lowest BCUT2D eigenvalue weighted by molar-refractivity contribution is 0.0919. The van der Waals surface area contributed by atoms with E-state index in [-0.39, 0.29) is 19.0 Å². The van der Waals surface area contributed by atoms with Gasteiger partial charge in [-0.15, -0.1) is 12.4 Å². The number of aliphatic hydroxyl groups excluding tert-OH is 1. The second-order valence-corrected chi connectivity index (χ2v) is 7.63. The van der Waals surface area contributed by atoms with E-state index in [9.17, 15) is 5.11 Å². The molecule has 1 aromatic heterocycles. The number of aliphatic hydroxyl groups is 1. The zero-order chi connectivity index (χ0) is 18.6. The minimum atomic E-state index is -0.579. The van der Waals surface area contributed by atoms with Crippen molar-refractivity contribution >= 4 is 23.4 Å². The Morgan fingerprint density at radius 3 is 2.57 bits per heavy atom. The van der Waals surface area contributed by atoms with Crippen LogP contribution in [-0.2, 0) is 6.54 Å². The van der Waals surface area contributed by atoms with Crippen molar-refractivity contribution in [3.05, 3.63) is 59.9 Å². The van der Waals surface area contributed by atoms with Gasteiger partial charge < -0.3 is 14.4 Å². The summed E-state index contributed by atoms with van der Waals surface area (Å²) in [6, 6.07) is 16.2. The fourth-order valence-electron chi connectivity index (χ4n) is 4.13. The van der Waals surface area contributed by atoms with Gasteiger partial charge in [0.1, 0.15) is 24.3 Å². The fraction of sp³-hybridized carbons (Fsp3) is 0.435. The number of aryl methyl sites for hydroxylation is 1. The maximum atomic E-state index is 10.7. The second-order valence-electron chi connectivity index (χ2n) is 7.63. The summed E-state index contributed by atoms with van der Waals surface area (Å²) in [5.41, 5.74) is 3.21. The summed E-state index contributed by atoms with van der Waals surface area (Å²) in [4.78, 5) is 4.93. The molecule has 0 spiro atoms. The molecule has 1 atom stereocenters. The van der Waals surface area contributed by atoms with Gasteiger partial charge in [0.25, 0.3) is 0 Å². The Morgan fingerprint density at radius 2 is 1.79 bits per heavy atom. The molecule has 150 valence electrons. The van der Waals surface area contributed by atoms with E-state index >= 15 is 0 Å². The van der Waals surface area contributed by atoms with Crippen LogP contribution >= 0.6 is 12.4 Å². The molecule has 1 saturated carbocycles.